The van der Waals surface area contributed by atoms with Crippen molar-refractivity contribution in [3.05, 3.63) is 101 Å². The van der Waals surface area contributed by atoms with Crippen molar-refractivity contribution in [3.63, 3.8) is 0 Å². The molecule has 3 aromatic carbocycles. The molecule has 3 heteroatoms. The molecule has 0 bridgehead atoms. The van der Waals surface area contributed by atoms with E-state index in [1.165, 1.54) is 22.3 Å². The van der Waals surface area contributed by atoms with Gasteiger partial charge in [-0.2, -0.15) is 0 Å². The Labute approximate surface area is 174 Å². The number of anilines is 1. The molecule has 1 N–H and O–H groups in total. The maximum Gasteiger partial charge on any atom is 0.238 e. The maximum atomic E-state index is 13.0. The number of aryl methyl sites for hydroxylation is 2. The van der Waals surface area contributed by atoms with Gasteiger partial charge in [0.25, 0.3) is 0 Å². The Balaban J connectivity index is 1.75. The van der Waals surface area contributed by atoms with Gasteiger partial charge in [0.2, 0.25) is 5.91 Å². The summed E-state index contributed by atoms with van der Waals surface area (Å²) in [6, 6.07) is 26.9. The topological polar surface area (TPSA) is 32.3 Å². The van der Waals surface area contributed by atoms with Gasteiger partial charge in [0.05, 0.1) is 6.54 Å². The van der Waals surface area contributed by atoms with Crippen LogP contribution in [-0.4, -0.2) is 17.4 Å². The lowest BCUT2D eigenvalue weighted by Crippen LogP contribution is -2.33. The summed E-state index contributed by atoms with van der Waals surface area (Å²) < 4.78 is 0. The quantitative estimate of drug-likeness (QED) is 0.530. The average molecular weight is 387 g/mol. The third-order valence-electron chi connectivity index (χ3n) is 5.13. The Kier molecular flexibility index (Phi) is 7.60. The van der Waals surface area contributed by atoms with Gasteiger partial charge in [-0.15, -0.1) is 0 Å². The molecule has 0 saturated carbocycles. The number of hydrogen-bond donors (Lipinski definition) is 1. The van der Waals surface area contributed by atoms with Crippen LogP contribution in [0.15, 0.2) is 78.9 Å². The molecular formula is C26H30N2O. The van der Waals surface area contributed by atoms with E-state index in [4.69, 9.17) is 0 Å². The summed E-state index contributed by atoms with van der Waals surface area (Å²) in [5, 5.41) is 3.20. The Morgan fingerprint density at radius 2 is 1.21 bits per heavy atom. The molecule has 0 aliphatic rings. The molecule has 29 heavy (non-hydrogen) atoms. The molecule has 0 aromatic heterocycles. The van der Waals surface area contributed by atoms with E-state index in [9.17, 15) is 4.79 Å². The Bertz CT molecular complexity index is 843. The molecule has 0 saturated heterocycles. The zero-order chi connectivity index (χ0) is 20.5. The highest BCUT2D eigenvalue weighted by Crippen LogP contribution is 2.22. The van der Waals surface area contributed by atoms with Crippen LogP contribution in [0.1, 0.15) is 36.1 Å². The summed E-state index contributed by atoms with van der Waals surface area (Å²) in [4.78, 5) is 15.2. The SMILES string of the molecule is CCc1cccc(CC)c1NC(=O)CN(Cc1ccccc1)Cc1ccccc1. The second-order valence-electron chi connectivity index (χ2n) is 7.32. The second-order valence-corrected chi connectivity index (χ2v) is 7.32. The highest BCUT2D eigenvalue weighted by Gasteiger charge is 2.15. The number of amides is 1. The van der Waals surface area contributed by atoms with Crippen molar-refractivity contribution in [2.24, 2.45) is 0 Å². The number of hydrogen-bond acceptors (Lipinski definition) is 2. The van der Waals surface area contributed by atoms with Crippen LogP contribution < -0.4 is 5.32 Å². The lowest BCUT2D eigenvalue weighted by molar-refractivity contribution is -0.117. The number of nitrogens with one attached hydrogen (secondary N) is 1. The standard InChI is InChI=1S/C26H30N2O/c1-3-23-16-11-17-24(4-2)26(23)27-25(29)20-28(18-21-12-7-5-8-13-21)19-22-14-9-6-10-15-22/h5-17H,3-4,18-20H2,1-2H3,(H,27,29). The Morgan fingerprint density at radius 3 is 1.66 bits per heavy atom. The number of benzene rings is 3. The van der Waals surface area contributed by atoms with Gasteiger partial charge < -0.3 is 5.32 Å². The first-order chi connectivity index (χ1) is 14.2. The Hall–Kier alpha value is -2.91. The van der Waals surface area contributed by atoms with Crippen LogP contribution in [0.5, 0.6) is 0 Å². The van der Waals surface area contributed by atoms with E-state index in [0.29, 0.717) is 6.54 Å². The van der Waals surface area contributed by atoms with Gasteiger partial charge in [-0.3, -0.25) is 9.69 Å². The van der Waals surface area contributed by atoms with Crippen molar-refractivity contribution in [3.8, 4) is 0 Å². The first-order valence-electron chi connectivity index (χ1n) is 10.4. The number of nitrogens with zero attached hydrogens (tertiary/aromatic N) is 1. The Morgan fingerprint density at radius 1 is 0.724 bits per heavy atom. The number of carbonyl (C=O) groups is 1. The van der Waals surface area contributed by atoms with Crippen LogP contribution in [0.4, 0.5) is 5.69 Å². The van der Waals surface area contributed by atoms with Crippen LogP contribution in [0, 0.1) is 0 Å². The van der Waals surface area contributed by atoms with E-state index in [-0.39, 0.29) is 5.91 Å². The summed E-state index contributed by atoms with van der Waals surface area (Å²) in [6.07, 6.45) is 1.81. The normalized spacial score (nSPS) is 10.9. The van der Waals surface area contributed by atoms with Crippen molar-refractivity contribution in [2.45, 2.75) is 39.8 Å². The minimum atomic E-state index is 0.0347. The molecule has 0 atom stereocenters. The van der Waals surface area contributed by atoms with E-state index in [0.717, 1.165) is 31.6 Å². The van der Waals surface area contributed by atoms with E-state index >= 15 is 0 Å². The second kappa shape index (κ2) is 10.6. The summed E-state index contributed by atoms with van der Waals surface area (Å²) in [7, 11) is 0. The maximum absolute atomic E-state index is 13.0. The lowest BCUT2D eigenvalue weighted by Gasteiger charge is -2.23. The summed E-state index contributed by atoms with van der Waals surface area (Å²) in [6.45, 7) is 6.08. The van der Waals surface area contributed by atoms with E-state index in [2.05, 4.69) is 66.5 Å². The van der Waals surface area contributed by atoms with Crippen LogP contribution in [-0.2, 0) is 30.7 Å². The fraction of sp³-hybridized carbons (Fsp3) is 0.269. The van der Waals surface area contributed by atoms with Crippen LogP contribution in [0.25, 0.3) is 0 Å². The number of rotatable bonds is 9. The molecule has 3 aromatic rings. The van der Waals surface area contributed by atoms with Crippen molar-refractivity contribution < 1.29 is 4.79 Å². The first-order valence-corrected chi connectivity index (χ1v) is 10.4. The van der Waals surface area contributed by atoms with Gasteiger partial charge in [0.1, 0.15) is 0 Å². The zero-order valence-electron chi connectivity index (χ0n) is 17.4. The molecule has 0 aliphatic heterocycles. The molecule has 3 nitrogen and oxygen atoms in total. The van der Waals surface area contributed by atoms with Gasteiger partial charge in [-0.1, -0.05) is 92.7 Å². The minimum absolute atomic E-state index is 0.0347. The van der Waals surface area contributed by atoms with Gasteiger partial charge in [0.15, 0.2) is 0 Å². The van der Waals surface area contributed by atoms with E-state index in [1.807, 2.05) is 36.4 Å². The molecule has 0 fully saturated rings. The van der Waals surface area contributed by atoms with E-state index < -0.39 is 0 Å². The third kappa shape index (κ3) is 6.03. The monoisotopic (exact) mass is 386 g/mol. The highest BCUT2D eigenvalue weighted by atomic mass is 16.2. The van der Waals surface area contributed by atoms with Crippen molar-refractivity contribution >= 4 is 11.6 Å². The largest absolute Gasteiger partial charge is 0.324 e. The van der Waals surface area contributed by atoms with Gasteiger partial charge in [0, 0.05) is 18.8 Å². The predicted octanol–water partition coefficient (Wildman–Crippen LogP) is 5.45. The average Bonchev–Trinajstić information content (AvgIpc) is 2.75. The predicted molar refractivity (Wildman–Crippen MR) is 121 cm³/mol. The van der Waals surface area contributed by atoms with Crippen LogP contribution in [0.2, 0.25) is 0 Å². The molecule has 0 unspecified atom stereocenters. The first kappa shape index (κ1) is 20.8. The molecule has 0 radical (unpaired) electrons. The molecule has 0 heterocycles. The zero-order valence-corrected chi connectivity index (χ0v) is 17.4. The molecule has 150 valence electrons. The van der Waals surface area contributed by atoms with Gasteiger partial charge in [-0.05, 0) is 35.1 Å². The molecule has 1 amide bonds. The van der Waals surface area contributed by atoms with Gasteiger partial charge >= 0.3 is 0 Å². The van der Waals surface area contributed by atoms with Gasteiger partial charge in [-0.25, -0.2) is 0 Å². The molecule has 0 spiro atoms. The number of para-hydroxylation sites is 1. The molecule has 3 rings (SSSR count). The van der Waals surface area contributed by atoms with Crippen LogP contribution in [0.3, 0.4) is 0 Å². The fourth-order valence-electron chi connectivity index (χ4n) is 3.64. The van der Waals surface area contributed by atoms with E-state index in [1.54, 1.807) is 0 Å². The summed E-state index contributed by atoms with van der Waals surface area (Å²) in [5.74, 6) is 0.0347. The third-order valence-corrected chi connectivity index (χ3v) is 5.13. The number of carbonyl (C=O) groups excluding carboxylic acids is 1. The molecular weight excluding hydrogens is 356 g/mol. The smallest absolute Gasteiger partial charge is 0.238 e. The van der Waals surface area contributed by atoms with Crippen molar-refractivity contribution in [2.75, 3.05) is 11.9 Å². The lowest BCUT2D eigenvalue weighted by atomic mass is 10.0. The molecule has 0 aliphatic carbocycles. The summed E-state index contributed by atoms with van der Waals surface area (Å²) in [5.41, 5.74) is 5.78. The van der Waals surface area contributed by atoms with Crippen molar-refractivity contribution in [1.29, 1.82) is 0 Å². The van der Waals surface area contributed by atoms with Crippen LogP contribution >= 0.6 is 0 Å². The highest BCUT2D eigenvalue weighted by molar-refractivity contribution is 5.93. The summed E-state index contributed by atoms with van der Waals surface area (Å²) >= 11 is 0. The minimum Gasteiger partial charge on any atom is -0.324 e. The van der Waals surface area contributed by atoms with Crippen molar-refractivity contribution in [1.82, 2.24) is 4.90 Å². The fourth-order valence-corrected chi connectivity index (χ4v) is 3.64.